The van der Waals surface area contributed by atoms with Crippen LogP contribution in [0.2, 0.25) is 0 Å². The van der Waals surface area contributed by atoms with E-state index >= 15 is 0 Å². The van der Waals surface area contributed by atoms with E-state index in [1.165, 1.54) is 6.33 Å². The van der Waals surface area contributed by atoms with Crippen molar-refractivity contribution in [2.24, 2.45) is 4.99 Å². The maximum Gasteiger partial charge on any atom is 0.350 e. The molecule has 162 valence electrons. The molecule has 2 aromatic rings. The van der Waals surface area contributed by atoms with Crippen molar-refractivity contribution in [2.75, 3.05) is 26.3 Å². The van der Waals surface area contributed by atoms with Crippen LogP contribution in [0, 0.1) is 0 Å². The molecule has 0 aliphatic carbocycles. The van der Waals surface area contributed by atoms with Gasteiger partial charge in [-0.05, 0) is 26.7 Å². The van der Waals surface area contributed by atoms with Crippen LogP contribution in [0.5, 0.6) is 0 Å². The van der Waals surface area contributed by atoms with Gasteiger partial charge in [-0.25, -0.2) is 19.9 Å². The fourth-order valence-corrected chi connectivity index (χ4v) is 4.46. The summed E-state index contributed by atoms with van der Waals surface area (Å²) in [5, 5.41) is 0. The first-order valence-electron chi connectivity index (χ1n) is 10.4. The Morgan fingerprint density at radius 3 is 2.31 bits per heavy atom. The molecule has 0 atom stereocenters. The first kappa shape index (κ1) is 23.4. The average Bonchev–Trinajstić information content (AvgIpc) is 3.11. The Kier molecular flexibility index (Phi) is 9.70. The van der Waals surface area contributed by atoms with Gasteiger partial charge in [-0.3, -0.25) is 4.57 Å². The molecule has 0 bridgehead atoms. The standard InChI is InChI=1S/C19H33N6O3P/c1-5-9-11-24(12-10-6-2)14-23-18-17-19(21-13-20-18)25(15-22-17)16-29(26,27-7-3)28-8-4/h13-15H,5-12,16H2,1-4H3/b23-14+. The topological polar surface area (TPSA) is 94.7 Å². The maximum atomic E-state index is 12.9. The lowest BCUT2D eigenvalue weighted by Crippen LogP contribution is -2.24. The molecule has 29 heavy (non-hydrogen) atoms. The van der Waals surface area contributed by atoms with Gasteiger partial charge in [0, 0.05) is 13.1 Å². The minimum atomic E-state index is -3.27. The van der Waals surface area contributed by atoms with Gasteiger partial charge in [0.1, 0.15) is 12.6 Å². The van der Waals surface area contributed by atoms with E-state index in [1.807, 2.05) is 6.34 Å². The zero-order valence-electron chi connectivity index (χ0n) is 18.0. The molecule has 0 radical (unpaired) electrons. The van der Waals surface area contributed by atoms with Crippen LogP contribution in [-0.2, 0) is 19.9 Å². The van der Waals surface area contributed by atoms with Crippen molar-refractivity contribution in [3.63, 3.8) is 0 Å². The Labute approximate surface area is 173 Å². The molecule has 0 amide bonds. The highest BCUT2D eigenvalue weighted by Crippen LogP contribution is 2.50. The van der Waals surface area contributed by atoms with Gasteiger partial charge < -0.3 is 18.5 Å². The zero-order chi connectivity index (χ0) is 21.1. The molecule has 0 aliphatic rings. The Bertz CT molecular complexity index is 807. The van der Waals surface area contributed by atoms with Crippen molar-refractivity contribution in [3.05, 3.63) is 12.7 Å². The molecular formula is C19H33N6O3P. The number of hydrogen-bond donors (Lipinski definition) is 0. The molecule has 0 unspecified atom stereocenters. The summed E-state index contributed by atoms with van der Waals surface area (Å²) in [4.78, 5) is 19.8. The van der Waals surface area contributed by atoms with E-state index in [-0.39, 0.29) is 6.29 Å². The summed E-state index contributed by atoms with van der Waals surface area (Å²) in [6.07, 6.45) is 9.43. The highest BCUT2D eigenvalue weighted by atomic mass is 31.2. The molecular weight excluding hydrogens is 391 g/mol. The van der Waals surface area contributed by atoms with Gasteiger partial charge >= 0.3 is 7.60 Å². The van der Waals surface area contributed by atoms with Crippen molar-refractivity contribution in [1.82, 2.24) is 24.4 Å². The lowest BCUT2D eigenvalue weighted by atomic mass is 10.3. The van der Waals surface area contributed by atoms with E-state index in [2.05, 4.69) is 38.7 Å². The molecule has 2 rings (SSSR count). The predicted molar refractivity (Wildman–Crippen MR) is 116 cm³/mol. The molecule has 0 saturated carbocycles. The smallest absolute Gasteiger partial charge is 0.350 e. The van der Waals surface area contributed by atoms with Crippen LogP contribution in [0.25, 0.3) is 11.2 Å². The summed E-state index contributed by atoms with van der Waals surface area (Å²) in [5.74, 6) is 0.495. The lowest BCUT2D eigenvalue weighted by Gasteiger charge is -2.18. The summed E-state index contributed by atoms with van der Waals surface area (Å²) in [5.41, 5.74) is 1.12. The van der Waals surface area contributed by atoms with Crippen molar-refractivity contribution < 1.29 is 13.6 Å². The summed E-state index contributed by atoms with van der Waals surface area (Å²) in [7, 11) is -3.27. The van der Waals surface area contributed by atoms with Gasteiger partial charge in [0.15, 0.2) is 17.0 Å². The molecule has 0 fully saturated rings. The number of rotatable bonds is 14. The Morgan fingerprint density at radius 1 is 1.07 bits per heavy atom. The molecule has 2 aromatic heterocycles. The van der Waals surface area contributed by atoms with Crippen molar-refractivity contribution in [2.45, 2.75) is 59.7 Å². The van der Waals surface area contributed by atoms with E-state index < -0.39 is 7.60 Å². The minimum Gasteiger partial charge on any atom is -0.363 e. The normalized spacial score (nSPS) is 12.3. The molecule has 9 nitrogen and oxygen atoms in total. The van der Waals surface area contributed by atoms with Gasteiger partial charge in [0.05, 0.1) is 25.9 Å². The average molecular weight is 424 g/mol. The second kappa shape index (κ2) is 12.0. The van der Waals surface area contributed by atoms with E-state index in [9.17, 15) is 4.57 Å². The minimum absolute atomic E-state index is 0.0461. The summed E-state index contributed by atoms with van der Waals surface area (Å²) >= 11 is 0. The first-order chi connectivity index (χ1) is 14.1. The summed E-state index contributed by atoms with van der Waals surface area (Å²) in [6.45, 7) is 10.5. The number of hydrogen-bond acceptors (Lipinski definition) is 7. The van der Waals surface area contributed by atoms with Gasteiger partial charge in [0.2, 0.25) is 0 Å². The molecule has 0 saturated heterocycles. The van der Waals surface area contributed by atoms with Crippen LogP contribution in [0.1, 0.15) is 53.4 Å². The third kappa shape index (κ3) is 6.87. The van der Waals surface area contributed by atoms with Gasteiger partial charge in [-0.2, -0.15) is 0 Å². The fraction of sp³-hybridized carbons (Fsp3) is 0.684. The van der Waals surface area contributed by atoms with Crippen LogP contribution < -0.4 is 0 Å². The lowest BCUT2D eigenvalue weighted by molar-refractivity contribution is 0.214. The first-order valence-corrected chi connectivity index (χ1v) is 12.1. The Morgan fingerprint density at radius 2 is 1.72 bits per heavy atom. The Balaban J connectivity index is 2.25. The van der Waals surface area contributed by atoms with Crippen molar-refractivity contribution in [3.8, 4) is 0 Å². The van der Waals surface area contributed by atoms with E-state index in [0.29, 0.717) is 30.2 Å². The van der Waals surface area contributed by atoms with Crippen LogP contribution in [0.4, 0.5) is 5.82 Å². The SMILES string of the molecule is CCCCN(/C=N/c1ncnc2c1ncn2CP(=O)(OCC)OCC)CCCC. The largest absolute Gasteiger partial charge is 0.363 e. The monoisotopic (exact) mass is 424 g/mol. The quantitative estimate of drug-likeness (QED) is 0.248. The molecule has 10 heteroatoms. The number of nitrogens with zero attached hydrogens (tertiary/aromatic N) is 6. The Hall–Kier alpha value is -1.83. The molecule has 0 N–H and O–H groups in total. The zero-order valence-corrected chi connectivity index (χ0v) is 18.8. The van der Waals surface area contributed by atoms with E-state index in [1.54, 1.807) is 24.7 Å². The fourth-order valence-electron chi connectivity index (χ4n) is 2.85. The van der Waals surface area contributed by atoms with Crippen LogP contribution in [0.15, 0.2) is 17.6 Å². The van der Waals surface area contributed by atoms with E-state index in [4.69, 9.17) is 9.05 Å². The predicted octanol–water partition coefficient (Wildman–Crippen LogP) is 4.61. The number of imidazole rings is 1. The second-order valence-electron chi connectivity index (χ2n) is 6.66. The summed E-state index contributed by atoms with van der Waals surface area (Å²) in [6, 6.07) is 0. The molecule has 0 spiro atoms. The highest BCUT2D eigenvalue weighted by molar-refractivity contribution is 7.52. The van der Waals surface area contributed by atoms with Gasteiger partial charge in [-0.15, -0.1) is 0 Å². The van der Waals surface area contributed by atoms with Gasteiger partial charge in [0.25, 0.3) is 0 Å². The molecule has 0 aliphatic heterocycles. The third-order valence-electron chi connectivity index (χ3n) is 4.30. The molecule has 2 heterocycles. The highest BCUT2D eigenvalue weighted by Gasteiger charge is 2.26. The maximum absolute atomic E-state index is 12.9. The van der Waals surface area contributed by atoms with Crippen molar-refractivity contribution >= 4 is 30.9 Å². The summed E-state index contributed by atoms with van der Waals surface area (Å²) < 4.78 is 25.3. The van der Waals surface area contributed by atoms with Crippen LogP contribution in [-0.4, -0.2) is 57.1 Å². The number of fused-ring (bicyclic) bond motifs is 1. The number of unbranched alkanes of at least 4 members (excludes halogenated alkanes) is 2. The number of aliphatic imine (C=N–C) groups is 1. The van der Waals surface area contributed by atoms with Crippen molar-refractivity contribution in [1.29, 1.82) is 0 Å². The van der Waals surface area contributed by atoms with Gasteiger partial charge in [-0.1, -0.05) is 26.7 Å². The molecule has 0 aromatic carbocycles. The van der Waals surface area contributed by atoms with Crippen LogP contribution in [0.3, 0.4) is 0 Å². The second-order valence-corrected chi connectivity index (χ2v) is 8.68. The number of aromatic nitrogens is 4. The van der Waals surface area contributed by atoms with E-state index in [0.717, 1.165) is 38.8 Å². The van der Waals surface area contributed by atoms with Crippen LogP contribution >= 0.6 is 7.60 Å². The third-order valence-corrected chi connectivity index (χ3v) is 6.25.